The second kappa shape index (κ2) is 3.94. The number of aryl methyl sites for hydroxylation is 2. The fourth-order valence-electron chi connectivity index (χ4n) is 1.40. The van der Waals surface area contributed by atoms with Gasteiger partial charge in [0.05, 0.1) is 18.4 Å². The highest BCUT2D eigenvalue weighted by molar-refractivity contribution is 7.05. The van der Waals surface area contributed by atoms with Crippen LogP contribution in [0.3, 0.4) is 0 Å². The van der Waals surface area contributed by atoms with Crippen molar-refractivity contribution in [3.63, 3.8) is 0 Å². The third-order valence-electron chi connectivity index (χ3n) is 2.31. The Balaban J connectivity index is 2.38. The van der Waals surface area contributed by atoms with Gasteiger partial charge < -0.3 is 4.57 Å². The van der Waals surface area contributed by atoms with E-state index in [-0.39, 0.29) is 5.56 Å². The average molecular weight is 221 g/mol. The maximum Gasteiger partial charge on any atom is 0.269 e. The van der Waals surface area contributed by atoms with Crippen molar-refractivity contribution in [3.8, 4) is 0 Å². The first-order valence-corrected chi connectivity index (χ1v) is 5.38. The highest BCUT2D eigenvalue weighted by Crippen LogP contribution is 2.17. The van der Waals surface area contributed by atoms with Crippen molar-refractivity contribution in [2.24, 2.45) is 0 Å². The van der Waals surface area contributed by atoms with E-state index in [9.17, 15) is 4.79 Å². The lowest BCUT2D eigenvalue weighted by Crippen LogP contribution is -2.19. The average Bonchev–Trinajstić information content (AvgIpc) is 2.53. The van der Waals surface area contributed by atoms with Crippen molar-refractivity contribution in [2.75, 3.05) is 0 Å². The molecule has 0 atom stereocenters. The summed E-state index contributed by atoms with van der Waals surface area (Å²) in [6.45, 7) is 4.56. The van der Waals surface area contributed by atoms with Crippen LogP contribution in [-0.4, -0.2) is 13.9 Å². The fraction of sp³-hybridized carbons (Fsp3) is 0.300. The van der Waals surface area contributed by atoms with Crippen LogP contribution in [-0.2, 0) is 6.54 Å². The van der Waals surface area contributed by atoms with Crippen molar-refractivity contribution in [2.45, 2.75) is 20.4 Å². The maximum atomic E-state index is 11.5. The number of hydrogen-bond donors (Lipinski definition) is 0. The Labute approximate surface area is 91.4 Å². The highest BCUT2D eigenvalue weighted by atomic mass is 32.1. The first-order chi connectivity index (χ1) is 7.18. The Morgan fingerprint density at radius 2 is 2.27 bits per heavy atom. The molecule has 0 spiro atoms. The summed E-state index contributed by atoms with van der Waals surface area (Å²) < 4.78 is 5.89. The molecule has 2 heterocycles. The predicted octanol–water partition coefficient (Wildman–Crippen LogP) is 1.36. The largest absolute Gasteiger partial charge is 0.308 e. The molecule has 0 amide bonds. The Hall–Kier alpha value is -1.49. The Morgan fingerprint density at radius 1 is 1.47 bits per heavy atom. The van der Waals surface area contributed by atoms with Crippen LogP contribution in [0.2, 0.25) is 0 Å². The molecule has 2 aromatic heterocycles. The summed E-state index contributed by atoms with van der Waals surface area (Å²) in [5.74, 6) is 0. The molecule has 0 bridgehead atoms. The minimum absolute atomic E-state index is 0.0810. The summed E-state index contributed by atoms with van der Waals surface area (Å²) in [6, 6.07) is 0. The van der Waals surface area contributed by atoms with Crippen LogP contribution in [0.15, 0.2) is 23.4 Å². The van der Waals surface area contributed by atoms with Crippen LogP contribution in [0.25, 0.3) is 0 Å². The van der Waals surface area contributed by atoms with E-state index in [0.717, 1.165) is 16.1 Å². The number of hydrogen-bond acceptors (Lipinski definition) is 4. The van der Waals surface area contributed by atoms with Crippen LogP contribution in [0.4, 0.5) is 0 Å². The molecular formula is C10H11N3OS. The standard InChI is InChI=1S/C10H11N3OS/c1-7-9(8(2)15-12-7)6-13-4-3-11-5-10(13)14/h3-5H,6H2,1-2H3. The molecule has 78 valence electrons. The topological polar surface area (TPSA) is 47.8 Å². The molecule has 0 saturated heterocycles. The first-order valence-electron chi connectivity index (χ1n) is 4.60. The van der Waals surface area contributed by atoms with E-state index in [2.05, 4.69) is 9.36 Å². The zero-order chi connectivity index (χ0) is 10.8. The van der Waals surface area contributed by atoms with Gasteiger partial charge in [-0.25, -0.2) is 0 Å². The third-order valence-corrected chi connectivity index (χ3v) is 3.20. The van der Waals surface area contributed by atoms with Crippen LogP contribution in [0.1, 0.15) is 16.1 Å². The number of rotatable bonds is 2. The summed E-state index contributed by atoms with van der Waals surface area (Å²) in [7, 11) is 0. The first kappa shape index (κ1) is 10.0. The van der Waals surface area contributed by atoms with Gasteiger partial charge in [-0.2, -0.15) is 4.37 Å². The molecule has 0 aliphatic carbocycles. The zero-order valence-corrected chi connectivity index (χ0v) is 9.41. The summed E-state index contributed by atoms with van der Waals surface area (Å²) in [5.41, 5.74) is 2.05. The molecule has 4 nitrogen and oxygen atoms in total. The lowest BCUT2D eigenvalue weighted by Gasteiger charge is -2.04. The van der Waals surface area contributed by atoms with E-state index >= 15 is 0 Å². The van der Waals surface area contributed by atoms with Crippen LogP contribution < -0.4 is 5.56 Å². The molecule has 0 aliphatic heterocycles. The lowest BCUT2D eigenvalue weighted by molar-refractivity contribution is 0.741. The van der Waals surface area contributed by atoms with Gasteiger partial charge in [0.2, 0.25) is 0 Å². The molecule has 0 aliphatic rings. The molecule has 0 unspecified atom stereocenters. The summed E-state index contributed by atoms with van der Waals surface area (Å²) in [6.07, 6.45) is 4.63. The number of aromatic nitrogens is 3. The molecule has 0 N–H and O–H groups in total. The van der Waals surface area contributed by atoms with E-state index in [1.165, 1.54) is 17.7 Å². The molecule has 2 rings (SSSR count). The SMILES string of the molecule is Cc1nsc(C)c1Cn1ccncc1=O. The molecule has 15 heavy (non-hydrogen) atoms. The van der Waals surface area contributed by atoms with Crippen molar-refractivity contribution >= 4 is 11.5 Å². The van der Waals surface area contributed by atoms with Gasteiger partial charge in [0.25, 0.3) is 5.56 Å². The van der Waals surface area contributed by atoms with Gasteiger partial charge in [-0.15, -0.1) is 0 Å². The summed E-state index contributed by atoms with van der Waals surface area (Å²) in [4.78, 5) is 16.4. The van der Waals surface area contributed by atoms with Gasteiger partial charge in [0, 0.05) is 22.8 Å². The predicted molar refractivity (Wildman–Crippen MR) is 59.2 cm³/mol. The normalized spacial score (nSPS) is 10.5. The second-order valence-corrected chi connectivity index (χ2v) is 4.32. The minimum Gasteiger partial charge on any atom is -0.308 e. The summed E-state index contributed by atoms with van der Waals surface area (Å²) >= 11 is 1.48. The van der Waals surface area contributed by atoms with E-state index in [0.29, 0.717) is 6.54 Å². The van der Waals surface area contributed by atoms with Crippen molar-refractivity contribution < 1.29 is 0 Å². The smallest absolute Gasteiger partial charge is 0.269 e. The van der Waals surface area contributed by atoms with Gasteiger partial charge in [-0.1, -0.05) is 0 Å². The maximum absolute atomic E-state index is 11.5. The quantitative estimate of drug-likeness (QED) is 0.769. The monoisotopic (exact) mass is 221 g/mol. The van der Waals surface area contributed by atoms with Gasteiger partial charge in [-0.05, 0) is 25.4 Å². The number of nitrogens with zero attached hydrogens (tertiary/aromatic N) is 3. The Bertz CT molecular complexity index is 510. The van der Waals surface area contributed by atoms with E-state index in [1.54, 1.807) is 17.0 Å². The molecular weight excluding hydrogens is 210 g/mol. The lowest BCUT2D eigenvalue weighted by atomic mass is 10.2. The molecule has 5 heteroatoms. The van der Waals surface area contributed by atoms with Gasteiger partial charge in [0.15, 0.2) is 0 Å². The third kappa shape index (κ3) is 1.97. The van der Waals surface area contributed by atoms with Crippen molar-refractivity contribution in [1.82, 2.24) is 13.9 Å². The zero-order valence-electron chi connectivity index (χ0n) is 8.60. The van der Waals surface area contributed by atoms with E-state index in [1.807, 2.05) is 13.8 Å². The Kier molecular flexibility index (Phi) is 2.64. The van der Waals surface area contributed by atoms with Crippen LogP contribution in [0, 0.1) is 13.8 Å². The second-order valence-electron chi connectivity index (χ2n) is 3.35. The molecule has 2 aromatic rings. The van der Waals surface area contributed by atoms with Crippen LogP contribution >= 0.6 is 11.5 Å². The van der Waals surface area contributed by atoms with Gasteiger partial charge in [0.1, 0.15) is 0 Å². The van der Waals surface area contributed by atoms with Gasteiger partial charge >= 0.3 is 0 Å². The highest BCUT2D eigenvalue weighted by Gasteiger charge is 2.07. The fourth-order valence-corrected chi connectivity index (χ4v) is 2.11. The minimum atomic E-state index is -0.0810. The molecule has 0 saturated carbocycles. The molecule has 0 fully saturated rings. The van der Waals surface area contributed by atoms with Gasteiger partial charge in [-0.3, -0.25) is 9.78 Å². The Morgan fingerprint density at radius 3 is 2.87 bits per heavy atom. The summed E-state index contributed by atoms with van der Waals surface area (Å²) in [5, 5.41) is 0. The van der Waals surface area contributed by atoms with E-state index < -0.39 is 0 Å². The molecule has 0 radical (unpaired) electrons. The molecule has 0 aromatic carbocycles. The van der Waals surface area contributed by atoms with Crippen molar-refractivity contribution in [1.29, 1.82) is 0 Å². The van der Waals surface area contributed by atoms with Crippen LogP contribution in [0.5, 0.6) is 0 Å². The van der Waals surface area contributed by atoms with E-state index in [4.69, 9.17) is 0 Å². The van der Waals surface area contributed by atoms with Crippen molar-refractivity contribution in [3.05, 3.63) is 45.1 Å².